The van der Waals surface area contributed by atoms with E-state index in [1.165, 1.54) is 10.9 Å². The average Bonchev–Trinajstić information content (AvgIpc) is 2.92. The van der Waals surface area contributed by atoms with Gasteiger partial charge in [-0.3, -0.25) is 4.57 Å². The molecule has 0 bridgehead atoms. The molecular weight excluding hydrogens is 226 g/mol. The summed E-state index contributed by atoms with van der Waals surface area (Å²) in [5, 5.41) is 0. The van der Waals surface area contributed by atoms with E-state index in [-0.39, 0.29) is 6.03 Å². The zero-order valence-corrected chi connectivity index (χ0v) is 10.5. The molecule has 0 radical (unpaired) electrons. The second-order valence-electron chi connectivity index (χ2n) is 4.16. The van der Waals surface area contributed by atoms with Crippen LogP contribution in [0.2, 0.25) is 0 Å². The van der Waals surface area contributed by atoms with Crippen LogP contribution in [0.4, 0.5) is 4.79 Å². The van der Waals surface area contributed by atoms with Crippen LogP contribution in [0, 0.1) is 0 Å². The molecule has 0 N–H and O–H groups in total. The summed E-state index contributed by atoms with van der Waals surface area (Å²) < 4.78 is 1.51. The number of carbonyl (C=O) groups is 1. The summed E-state index contributed by atoms with van der Waals surface area (Å²) in [7, 11) is 0. The normalized spacial score (nSPS) is 10.3. The fourth-order valence-electron chi connectivity index (χ4n) is 1.85. The largest absolute Gasteiger partial charge is 0.329 e. The predicted molar refractivity (Wildman–Crippen MR) is 70.2 cm³/mol. The van der Waals surface area contributed by atoms with Gasteiger partial charge >= 0.3 is 6.03 Å². The third-order valence-corrected chi connectivity index (χ3v) is 2.71. The van der Waals surface area contributed by atoms with Crippen LogP contribution >= 0.6 is 0 Å². The van der Waals surface area contributed by atoms with Crippen molar-refractivity contribution < 1.29 is 4.79 Å². The highest BCUT2D eigenvalue weighted by molar-refractivity contribution is 5.76. The first-order chi connectivity index (χ1) is 8.81. The number of imidazole rings is 1. The lowest BCUT2D eigenvalue weighted by atomic mass is 10.2. The molecule has 0 aliphatic rings. The lowest BCUT2D eigenvalue weighted by Gasteiger charge is -2.22. The van der Waals surface area contributed by atoms with Crippen molar-refractivity contribution in [2.24, 2.45) is 0 Å². The molecular formula is C14H17N3O. The summed E-state index contributed by atoms with van der Waals surface area (Å²) in [6.07, 6.45) is 5.77. The zero-order chi connectivity index (χ0) is 12.8. The molecule has 4 heteroatoms. The molecule has 0 unspecified atom stereocenters. The molecule has 0 aliphatic heterocycles. The van der Waals surface area contributed by atoms with Crippen molar-refractivity contribution in [3.63, 3.8) is 0 Å². The van der Waals surface area contributed by atoms with Crippen molar-refractivity contribution in [3.05, 3.63) is 54.6 Å². The van der Waals surface area contributed by atoms with Crippen LogP contribution < -0.4 is 0 Å². The molecule has 2 aromatic rings. The predicted octanol–water partition coefficient (Wildman–Crippen LogP) is 2.76. The van der Waals surface area contributed by atoms with Crippen molar-refractivity contribution >= 4 is 6.03 Å². The van der Waals surface area contributed by atoms with Crippen LogP contribution in [0.25, 0.3) is 0 Å². The van der Waals surface area contributed by atoms with E-state index < -0.39 is 0 Å². The first kappa shape index (κ1) is 12.4. The van der Waals surface area contributed by atoms with Crippen molar-refractivity contribution in [2.75, 3.05) is 6.54 Å². The minimum Gasteiger partial charge on any atom is -0.320 e. The van der Waals surface area contributed by atoms with Crippen LogP contribution in [0.15, 0.2) is 49.1 Å². The molecule has 0 aliphatic carbocycles. The number of hydrogen-bond donors (Lipinski definition) is 0. The number of benzene rings is 1. The molecule has 18 heavy (non-hydrogen) atoms. The molecule has 1 heterocycles. The Kier molecular flexibility index (Phi) is 4.12. The fourth-order valence-corrected chi connectivity index (χ4v) is 1.85. The Balaban J connectivity index is 2.11. The lowest BCUT2D eigenvalue weighted by molar-refractivity contribution is 0.197. The van der Waals surface area contributed by atoms with E-state index in [0.717, 1.165) is 18.5 Å². The smallest absolute Gasteiger partial charge is 0.320 e. The average molecular weight is 243 g/mol. The molecule has 4 nitrogen and oxygen atoms in total. The maximum Gasteiger partial charge on any atom is 0.329 e. The van der Waals surface area contributed by atoms with E-state index in [2.05, 4.69) is 11.9 Å². The van der Waals surface area contributed by atoms with Crippen LogP contribution in [-0.4, -0.2) is 27.0 Å². The second-order valence-corrected chi connectivity index (χ2v) is 4.16. The van der Waals surface area contributed by atoms with E-state index >= 15 is 0 Å². The number of carbonyl (C=O) groups excluding carboxylic acids is 1. The van der Waals surface area contributed by atoms with E-state index in [4.69, 9.17) is 0 Å². The first-order valence-corrected chi connectivity index (χ1v) is 6.12. The Morgan fingerprint density at radius 3 is 2.72 bits per heavy atom. The Hall–Kier alpha value is -2.10. The van der Waals surface area contributed by atoms with E-state index in [1.807, 2.05) is 35.2 Å². The van der Waals surface area contributed by atoms with E-state index in [0.29, 0.717) is 6.54 Å². The van der Waals surface area contributed by atoms with Gasteiger partial charge in [-0.2, -0.15) is 0 Å². The Morgan fingerprint density at radius 2 is 2.11 bits per heavy atom. The number of hydrogen-bond acceptors (Lipinski definition) is 2. The molecule has 0 fully saturated rings. The van der Waals surface area contributed by atoms with E-state index in [9.17, 15) is 4.79 Å². The van der Waals surface area contributed by atoms with Crippen LogP contribution in [0.5, 0.6) is 0 Å². The number of rotatable bonds is 4. The summed E-state index contributed by atoms with van der Waals surface area (Å²) in [6.45, 7) is 3.44. The van der Waals surface area contributed by atoms with Gasteiger partial charge in [0.25, 0.3) is 0 Å². The van der Waals surface area contributed by atoms with Gasteiger partial charge in [-0.15, -0.1) is 0 Å². The Bertz CT molecular complexity index is 479. The van der Waals surface area contributed by atoms with Crippen LogP contribution in [-0.2, 0) is 6.54 Å². The SMILES string of the molecule is CCCN(Cc1ccccc1)C(=O)n1ccnc1. The molecule has 0 atom stereocenters. The highest BCUT2D eigenvalue weighted by Crippen LogP contribution is 2.07. The fraction of sp³-hybridized carbons (Fsp3) is 0.286. The van der Waals surface area contributed by atoms with Crippen molar-refractivity contribution in [1.82, 2.24) is 14.5 Å². The standard InChI is InChI=1S/C14H17N3O/c1-2-9-16(11-13-6-4-3-5-7-13)14(18)17-10-8-15-12-17/h3-8,10,12H,2,9,11H2,1H3. The second kappa shape index (κ2) is 6.00. The maximum absolute atomic E-state index is 12.2. The van der Waals surface area contributed by atoms with Gasteiger partial charge in [0.15, 0.2) is 0 Å². The summed E-state index contributed by atoms with van der Waals surface area (Å²) in [5.74, 6) is 0. The summed E-state index contributed by atoms with van der Waals surface area (Å²) in [4.78, 5) is 18.0. The van der Waals surface area contributed by atoms with Gasteiger partial charge in [0, 0.05) is 25.5 Å². The van der Waals surface area contributed by atoms with Crippen molar-refractivity contribution in [1.29, 1.82) is 0 Å². The quantitative estimate of drug-likeness (QED) is 0.828. The van der Waals surface area contributed by atoms with Gasteiger partial charge < -0.3 is 4.90 Å². The highest BCUT2D eigenvalue weighted by atomic mass is 16.2. The monoisotopic (exact) mass is 243 g/mol. The molecule has 0 saturated carbocycles. The zero-order valence-electron chi connectivity index (χ0n) is 10.5. The Labute approximate surface area is 107 Å². The summed E-state index contributed by atoms with van der Waals surface area (Å²) >= 11 is 0. The van der Waals surface area contributed by atoms with E-state index in [1.54, 1.807) is 12.4 Å². The van der Waals surface area contributed by atoms with Gasteiger partial charge in [-0.1, -0.05) is 37.3 Å². The minimum absolute atomic E-state index is 0.0294. The van der Waals surface area contributed by atoms with Crippen molar-refractivity contribution in [2.45, 2.75) is 19.9 Å². The molecule has 1 amide bonds. The molecule has 1 aromatic carbocycles. The molecule has 94 valence electrons. The molecule has 1 aromatic heterocycles. The van der Waals surface area contributed by atoms with Crippen LogP contribution in [0.1, 0.15) is 18.9 Å². The van der Waals surface area contributed by atoms with Gasteiger partial charge in [0.2, 0.25) is 0 Å². The number of amides is 1. The van der Waals surface area contributed by atoms with Crippen molar-refractivity contribution in [3.8, 4) is 0 Å². The third kappa shape index (κ3) is 2.97. The topological polar surface area (TPSA) is 38.1 Å². The van der Waals surface area contributed by atoms with Gasteiger partial charge in [0.1, 0.15) is 6.33 Å². The Morgan fingerprint density at radius 1 is 1.33 bits per heavy atom. The molecule has 2 rings (SSSR count). The molecule has 0 spiro atoms. The van der Waals surface area contributed by atoms with Gasteiger partial charge in [0.05, 0.1) is 0 Å². The lowest BCUT2D eigenvalue weighted by Crippen LogP contribution is -2.34. The van der Waals surface area contributed by atoms with Gasteiger partial charge in [-0.05, 0) is 12.0 Å². The summed E-state index contributed by atoms with van der Waals surface area (Å²) in [5.41, 5.74) is 1.14. The third-order valence-electron chi connectivity index (χ3n) is 2.71. The summed E-state index contributed by atoms with van der Waals surface area (Å²) in [6, 6.07) is 9.99. The van der Waals surface area contributed by atoms with Crippen LogP contribution in [0.3, 0.4) is 0 Å². The first-order valence-electron chi connectivity index (χ1n) is 6.12. The number of nitrogens with zero attached hydrogens (tertiary/aromatic N) is 3. The molecule has 0 saturated heterocycles. The number of aromatic nitrogens is 2. The van der Waals surface area contributed by atoms with Gasteiger partial charge in [-0.25, -0.2) is 9.78 Å². The maximum atomic E-state index is 12.2. The highest BCUT2D eigenvalue weighted by Gasteiger charge is 2.14. The minimum atomic E-state index is -0.0294.